The summed E-state index contributed by atoms with van der Waals surface area (Å²) < 4.78 is 1.28. The van der Waals surface area contributed by atoms with Crippen molar-refractivity contribution in [3.8, 4) is 0 Å². The van der Waals surface area contributed by atoms with Crippen LogP contribution in [0.4, 0.5) is 0 Å². The van der Waals surface area contributed by atoms with E-state index in [4.69, 9.17) is 10.2 Å². The van der Waals surface area contributed by atoms with Crippen molar-refractivity contribution in [2.24, 2.45) is 0 Å². The van der Waals surface area contributed by atoms with Crippen LogP contribution in [0.25, 0.3) is 4.96 Å². The van der Waals surface area contributed by atoms with Gasteiger partial charge >= 0.3 is 0 Å². The van der Waals surface area contributed by atoms with Crippen LogP contribution in [0.5, 0.6) is 0 Å². The summed E-state index contributed by atoms with van der Waals surface area (Å²) in [6, 6.07) is 0. The van der Waals surface area contributed by atoms with Gasteiger partial charge in [0, 0.05) is 24.3 Å². The molecule has 0 fully saturated rings. The number of hydrogen-bond donors (Lipinski definition) is 3. The molecule has 18 heavy (non-hydrogen) atoms. The molecule has 0 aliphatic carbocycles. The van der Waals surface area contributed by atoms with Gasteiger partial charge in [0.1, 0.15) is 5.56 Å². The molecule has 2 heterocycles. The van der Waals surface area contributed by atoms with Crippen LogP contribution in [-0.4, -0.2) is 44.8 Å². The van der Waals surface area contributed by atoms with Crippen molar-refractivity contribution in [2.75, 3.05) is 13.2 Å². The van der Waals surface area contributed by atoms with Gasteiger partial charge in [0.05, 0.1) is 12.7 Å². The summed E-state index contributed by atoms with van der Waals surface area (Å²) in [6.07, 6.45) is 1.69. The molecule has 2 aromatic heterocycles. The Kier molecular flexibility index (Phi) is 3.70. The van der Waals surface area contributed by atoms with Gasteiger partial charge < -0.3 is 15.5 Å². The lowest BCUT2D eigenvalue weighted by Crippen LogP contribution is -2.37. The molecule has 1 unspecified atom stereocenters. The fourth-order valence-electron chi connectivity index (χ4n) is 1.35. The molecule has 96 valence electrons. The minimum atomic E-state index is -1.05. The average molecular weight is 269 g/mol. The van der Waals surface area contributed by atoms with E-state index in [1.807, 2.05) is 0 Å². The third-order valence-electron chi connectivity index (χ3n) is 2.30. The molecule has 8 heteroatoms. The zero-order chi connectivity index (χ0) is 13.1. The Morgan fingerprint density at radius 2 is 2.39 bits per heavy atom. The second-order valence-electron chi connectivity index (χ2n) is 3.58. The van der Waals surface area contributed by atoms with E-state index in [2.05, 4.69) is 10.3 Å². The molecule has 0 saturated carbocycles. The van der Waals surface area contributed by atoms with Crippen molar-refractivity contribution in [2.45, 2.75) is 6.10 Å². The van der Waals surface area contributed by atoms with Crippen molar-refractivity contribution in [1.29, 1.82) is 0 Å². The lowest BCUT2D eigenvalue weighted by molar-refractivity contribution is 0.0800. The van der Waals surface area contributed by atoms with Crippen LogP contribution in [0.1, 0.15) is 10.4 Å². The molecule has 0 aromatic carbocycles. The predicted octanol–water partition coefficient (Wildman–Crippen LogP) is -1.16. The first kappa shape index (κ1) is 12.7. The lowest BCUT2D eigenvalue weighted by atomic mass is 10.3. The van der Waals surface area contributed by atoms with E-state index in [0.29, 0.717) is 4.96 Å². The molecule has 1 amide bonds. The van der Waals surface area contributed by atoms with Crippen molar-refractivity contribution in [3.05, 3.63) is 33.7 Å². The van der Waals surface area contributed by atoms with E-state index in [0.717, 1.165) is 0 Å². The van der Waals surface area contributed by atoms with Gasteiger partial charge in [0.2, 0.25) is 0 Å². The molecule has 0 saturated heterocycles. The van der Waals surface area contributed by atoms with Crippen LogP contribution in [0.2, 0.25) is 0 Å². The highest BCUT2D eigenvalue weighted by atomic mass is 32.1. The average Bonchev–Trinajstić information content (AvgIpc) is 2.85. The summed E-state index contributed by atoms with van der Waals surface area (Å²) in [6.45, 7) is -0.581. The summed E-state index contributed by atoms with van der Waals surface area (Å²) >= 11 is 1.29. The van der Waals surface area contributed by atoms with E-state index in [1.165, 1.54) is 28.1 Å². The SMILES string of the molecule is O=C(NCC(O)CO)c1cnc2sccn2c1=O. The maximum Gasteiger partial charge on any atom is 0.271 e. The van der Waals surface area contributed by atoms with Gasteiger partial charge in [0.25, 0.3) is 11.5 Å². The summed E-state index contributed by atoms with van der Waals surface area (Å²) in [5.74, 6) is -0.624. The van der Waals surface area contributed by atoms with Gasteiger partial charge in [0.15, 0.2) is 4.96 Å². The van der Waals surface area contributed by atoms with Gasteiger partial charge in [-0.1, -0.05) is 0 Å². The van der Waals surface area contributed by atoms with Gasteiger partial charge in [-0.2, -0.15) is 0 Å². The second kappa shape index (κ2) is 5.25. The number of aliphatic hydroxyl groups excluding tert-OH is 2. The van der Waals surface area contributed by atoms with E-state index >= 15 is 0 Å². The fourth-order valence-corrected chi connectivity index (χ4v) is 2.03. The van der Waals surface area contributed by atoms with Crippen LogP contribution in [0.15, 0.2) is 22.6 Å². The number of carbonyl (C=O) groups is 1. The Bertz CT molecular complexity index is 621. The predicted molar refractivity (Wildman–Crippen MR) is 64.8 cm³/mol. The third kappa shape index (κ3) is 2.40. The standard InChI is InChI=1S/C10H11N3O4S/c14-5-6(15)3-11-8(16)7-4-12-10-13(9(7)17)1-2-18-10/h1-2,4,6,14-15H,3,5H2,(H,11,16). The number of fused-ring (bicyclic) bond motifs is 1. The molecule has 0 aliphatic rings. The highest BCUT2D eigenvalue weighted by molar-refractivity contribution is 7.15. The molecule has 0 aliphatic heterocycles. The lowest BCUT2D eigenvalue weighted by Gasteiger charge is -2.08. The fraction of sp³-hybridized carbons (Fsp3) is 0.300. The Balaban J connectivity index is 2.23. The number of carbonyl (C=O) groups excluding carboxylic acids is 1. The first-order valence-electron chi connectivity index (χ1n) is 5.15. The van der Waals surface area contributed by atoms with Crippen molar-refractivity contribution < 1.29 is 15.0 Å². The zero-order valence-electron chi connectivity index (χ0n) is 9.24. The van der Waals surface area contributed by atoms with Crippen molar-refractivity contribution in [3.63, 3.8) is 0 Å². The van der Waals surface area contributed by atoms with Crippen LogP contribution < -0.4 is 10.9 Å². The van der Waals surface area contributed by atoms with Gasteiger partial charge in [-0.25, -0.2) is 4.98 Å². The maximum absolute atomic E-state index is 11.9. The van der Waals surface area contributed by atoms with E-state index in [1.54, 1.807) is 5.38 Å². The molecule has 2 aromatic rings. The minimum Gasteiger partial charge on any atom is -0.394 e. The largest absolute Gasteiger partial charge is 0.394 e. The summed E-state index contributed by atoms with van der Waals surface area (Å²) in [7, 11) is 0. The van der Waals surface area contributed by atoms with Gasteiger partial charge in [-0.15, -0.1) is 11.3 Å². The van der Waals surface area contributed by atoms with E-state index in [-0.39, 0.29) is 12.1 Å². The number of amides is 1. The van der Waals surface area contributed by atoms with Crippen LogP contribution in [-0.2, 0) is 0 Å². The Hall–Kier alpha value is -1.77. The number of thiazole rings is 1. The number of hydrogen-bond acceptors (Lipinski definition) is 6. The van der Waals surface area contributed by atoms with E-state index < -0.39 is 24.2 Å². The van der Waals surface area contributed by atoms with Crippen LogP contribution in [0, 0.1) is 0 Å². The maximum atomic E-state index is 11.9. The third-order valence-corrected chi connectivity index (χ3v) is 3.07. The smallest absolute Gasteiger partial charge is 0.271 e. The number of aromatic nitrogens is 2. The molecular formula is C10H11N3O4S. The molecule has 0 bridgehead atoms. The molecule has 0 spiro atoms. The molecule has 1 atom stereocenters. The Labute approximate surface area is 105 Å². The van der Waals surface area contributed by atoms with Gasteiger partial charge in [-0.3, -0.25) is 14.0 Å². The first-order valence-corrected chi connectivity index (χ1v) is 6.03. The summed E-state index contributed by atoms with van der Waals surface area (Å²) in [5.41, 5.74) is -0.562. The minimum absolute atomic E-state index is 0.101. The monoisotopic (exact) mass is 269 g/mol. The second-order valence-corrected chi connectivity index (χ2v) is 4.45. The Morgan fingerprint density at radius 1 is 1.61 bits per heavy atom. The quantitative estimate of drug-likeness (QED) is 0.649. The highest BCUT2D eigenvalue weighted by Crippen LogP contribution is 2.05. The van der Waals surface area contributed by atoms with Crippen molar-refractivity contribution >= 4 is 22.2 Å². The molecular weight excluding hydrogens is 258 g/mol. The van der Waals surface area contributed by atoms with Crippen LogP contribution in [0.3, 0.4) is 0 Å². The highest BCUT2D eigenvalue weighted by Gasteiger charge is 2.14. The molecule has 0 radical (unpaired) electrons. The van der Waals surface area contributed by atoms with Gasteiger partial charge in [-0.05, 0) is 0 Å². The number of aliphatic hydroxyl groups is 2. The number of rotatable bonds is 4. The summed E-state index contributed by atoms with van der Waals surface area (Å²) in [4.78, 5) is 28.1. The molecule has 2 rings (SSSR count). The molecule has 7 nitrogen and oxygen atoms in total. The number of nitrogens with one attached hydrogen (secondary N) is 1. The molecule has 3 N–H and O–H groups in total. The first-order chi connectivity index (χ1) is 8.63. The zero-order valence-corrected chi connectivity index (χ0v) is 10.1. The Morgan fingerprint density at radius 3 is 3.11 bits per heavy atom. The van der Waals surface area contributed by atoms with E-state index in [9.17, 15) is 9.59 Å². The van der Waals surface area contributed by atoms with Crippen molar-refractivity contribution in [1.82, 2.24) is 14.7 Å². The summed E-state index contributed by atoms with van der Waals surface area (Å²) in [5, 5.41) is 21.8. The number of nitrogens with zero attached hydrogens (tertiary/aromatic N) is 2. The normalized spacial score (nSPS) is 12.6. The topological polar surface area (TPSA) is 104 Å². The van der Waals surface area contributed by atoms with Crippen LogP contribution >= 0.6 is 11.3 Å².